The van der Waals surface area contributed by atoms with E-state index in [-0.39, 0.29) is 17.8 Å². The number of hydrogen-bond acceptors (Lipinski definition) is 4. The first-order chi connectivity index (χ1) is 12.6. The maximum atomic E-state index is 14.0. The number of piperazine rings is 1. The molecule has 2 heterocycles. The lowest BCUT2D eigenvalue weighted by atomic mass is 10.2. The zero-order valence-corrected chi connectivity index (χ0v) is 15.3. The number of anilines is 2. The monoisotopic (exact) mass is 356 g/mol. The van der Waals surface area contributed by atoms with Crippen LogP contribution in [0.25, 0.3) is 0 Å². The van der Waals surface area contributed by atoms with Crippen molar-refractivity contribution in [3.63, 3.8) is 0 Å². The minimum Gasteiger partial charge on any atom is -0.366 e. The quantitative estimate of drug-likeness (QED) is 0.894. The Hall–Kier alpha value is -2.63. The molecule has 0 saturated carbocycles. The molecular weight excluding hydrogens is 331 g/mol. The molecule has 1 aromatic heterocycles. The van der Waals surface area contributed by atoms with Crippen LogP contribution in [-0.4, -0.2) is 43.1 Å². The van der Waals surface area contributed by atoms with Crippen molar-refractivity contribution in [2.45, 2.75) is 26.3 Å². The maximum Gasteiger partial charge on any atom is 0.251 e. The van der Waals surface area contributed by atoms with Crippen LogP contribution in [0.4, 0.5) is 15.9 Å². The Labute approximate surface area is 153 Å². The fraction of sp³-hybridized carbons (Fsp3) is 0.400. The van der Waals surface area contributed by atoms with E-state index in [1.54, 1.807) is 18.3 Å². The van der Waals surface area contributed by atoms with Crippen molar-refractivity contribution >= 4 is 17.4 Å². The highest BCUT2D eigenvalue weighted by atomic mass is 19.1. The van der Waals surface area contributed by atoms with Crippen LogP contribution in [0.3, 0.4) is 0 Å². The second-order valence-corrected chi connectivity index (χ2v) is 6.61. The number of amides is 1. The smallest absolute Gasteiger partial charge is 0.251 e. The highest BCUT2D eigenvalue weighted by molar-refractivity contribution is 5.95. The lowest BCUT2D eigenvalue weighted by Crippen LogP contribution is -2.47. The van der Waals surface area contributed by atoms with Gasteiger partial charge in [-0.3, -0.25) is 4.79 Å². The average Bonchev–Trinajstić information content (AvgIpc) is 2.68. The third-order valence-electron chi connectivity index (χ3n) is 4.79. The van der Waals surface area contributed by atoms with Gasteiger partial charge in [-0.2, -0.15) is 0 Å². The molecule has 5 nitrogen and oxygen atoms in total. The largest absolute Gasteiger partial charge is 0.366 e. The van der Waals surface area contributed by atoms with Crippen LogP contribution in [-0.2, 0) is 0 Å². The highest BCUT2D eigenvalue weighted by Crippen LogP contribution is 2.22. The highest BCUT2D eigenvalue weighted by Gasteiger charge is 2.21. The summed E-state index contributed by atoms with van der Waals surface area (Å²) in [7, 11) is 0. The molecule has 0 radical (unpaired) electrons. The number of pyridine rings is 1. The summed E-state index contributed by atoms with van der Waals surface area (Å²) in [5.41, 5.74) is 1.26. The lowest BCUT2D eigenvalue weighted by Gasteiger charge is -2.36. The minimum absolute atomic E-state index is 0.0759. The van der Waals surface area contributed by atoms with Crippen molar-refractivity contribution in [3.8, 4) is 0 Å². The van der Waals surface area contributed by atoms with Gasteiger partial charge in [0.25, 0.3) is 5.91 Å². The molecule has 1 amide bonds. The molecule has 1 N–H and O–H groups in total. The third-order valence-corrected chi connectivity index (χ3v) is 4.79. The lowest BCUT2D eigenvalue weighted by molar-refractivity contribution is 0.0939. The Balaban J connectivity index is 1.65. The SMILES string of the molecule is CCC(C)NC(=O)c1ccnc(N2CCN(c3ccccc3F)CC2)c1. The van der Waals surface area contributed by atoms with Crippen molar-refractivity contribution in [2.24, 2.45) is 0 Å². The molecule has 6 heteroatoms. The van der Waals surface area contributed by atoms with Crippen molar-refractivity contribution in [1.29, 1.82) is 0 Å². The molecule has 1 aliphatic rings. The van der Waals surface area contributed by atoms with Gasteiger partial charge in [0.05, 0.1) is 5.69 Å². The van der Waals surface area contributed by atoms with E-state index in [1.165, 1.54) is 6.07 Å². The number of rotatable bonds is 5. The first kappa shape index (κ1) is 18.2. The second-order valence-electron chi connectivity index (χ2n) is 6.61. The van der Waals surface area contributed by atoms with Crippen LogP contribution in [0.2, 0.25) is 0 Å². The van der Waals surface area contributed by atoms with Gasteiger partial charge < -0.3 is 15.1 Å². The van der Waals surface area contributed by atoms with Gasteiger partial charge in [-0.25, -0.2) is 9.37 Å². The van der Waals surface area contributed by atoms with Gasteiger partial charge in [0, 0.05) is 44.0 Å². The number of benzene rings is 1. The Morgan fingerprint density at radius 2 is 1.88 bits per heavy atom. The number of para-hydroxylation sites is 1. The van der Waals surface area contributed by atoms with Gasteiger partial charge in [0.1, 0.15) is 11.6 Å². The van der Waals surface area contributed by atoms with Crippen molar-refractivity contribution in [2.75, 3.05) is 36.0 Å². The zero-order valence-electron chi connectivity index (χ0n) is 15.3. The number of nitrogens with one attached hydrogen (secondary N) is 1. The van der Waals surface area contributed by atoms with E-state index in [9.17, 15) is 9.18 Å². The summed E-state index contributed by atoms with van der Waals surface area (Å²) < 4.78 is 14.0. The number of aromatic nitrogens is 1. The summed E-state index contributed by atoms with van der Waals surface area (Å²) in [5, 5.41) is 2.98. The molecule has 26 heavy (non-hydrogen) atoms. The number of carbonyl (C=O) groups excluding carboxylic acids is 1. The van der Waals surface area contributed by atoms with Gasteiger partial charge in [-0.05, 0) is 37.6 Å². The molecule has 0 aliphatic carbocycles. The Morgan fingerprint density at radius 1 is 1.19 bits per heavy atom. The van der Waals surface area contributed by atoms with Gasteiger partial charge >= 0.3 is 0 Å². The van der Waals surface area contributed by atoms with E-state index >= 15 is 0 Å². The summed E-state index contributed by atoms with van der Waals surface area (Å²) in [4.78, 5) is 20.9. The molecule has 3 rings (SSSR count). The Kier molecular flexibility index (Phi) is 5.71. The third kappa shape index (κ3) is 4.12. The van der Waals surface area contributed by atoms with E-state index < -0.39 is 0 Å². The predicted octanol–water partition coefficient (Wildman–Crippen LogP) is 3.08. The molecule has 1 fully saturated rings. The first-order valence-electron chi connectivity index (χ1n) is 9.10. The zero-order chi connectivity index (χ0) is 18.5. The van der Waals surface area contributed by atoms with E-state index in [4.69, 9.17) is 0 Å². The van der Waals surface area contributed by atoms with Crippen molar-refractivity contribution in [1.82, 2.24) is 10.3 Å². The first-order valence-corrected chi connectivity index (χ1v) is 9.10. The molecule has 0 bridgehead atoms. The molecule has 1 unspecified atom stereocenters. The van der Waals surface area contributed by atoms with Gasteiger partial charge in [0.15, 0.2) is 0 Å². The molecule has 138 valence electrons. The van der Waals surface area contributed by atoms with Gasteiger partial charge in [-0.15, -0.1) is 0 Å². The molecule has 1 atom stereocenters. The number of carbonyl (C=O) groups is 1. The van der Waals surface area contributed by atoms with Crippen LogP contribution in [0.1, 0.15) is 30.6 Å². The topological polar surface area (TPSA) is 48.5 Å². The van der Waals surface area contributed by atoms with Crippen LogP contribution >= 0.6 is 0 Å². The second kappa shape index (κ2) is 8.17. The number of halogens is 1. The van der Waals surface area contributed by atoms with Crippen LogP contribution in [0.15, 0.2) is 42.6 Å². The fourth-order valence-corrected chi connectivity index (χ4v) is 3.03. The van der Waals surface area contributed by atoms with Crippen LogP contribution in [0, 0.1) is 5.82 Å². The summed E-state index contributed by atoms with van der Waals surface area (Å²) in [5.74, 6) is 0.519. The number of nitrogens with zero attached hydrogens (tertiary/aromatic N) is 3. The van der Waals surface area contributed by atoms with Crippen LogP contribution < -0.4 is 15.1 Å². The van der Waals surface area contributed by atoms with E-state index in [2.05, 4.69) is 15.2 Å². The Bertz CT molecular complexity index is 759. The van der Waals surface area contributed by atoms with Gasteiger partial charge in [-0.1, -0.05) is 19.1 Å². The molecular formula is C20H25FN4O. The van der Waals surface area contributed by atoms with E-state index in [0.29, 0.717) is 24.3 Å². The molecule has 1 saturated heterocycles. The Morgan fingerprint density at radius 3 is 2.58 bits per heavy atom. The van der Waals surface area contributed by atoms with Crippen molar-refractivity contribution in [3.05, 3.63) is 54.0 Å². The minimum atomic E-state index is -0.192. The average molecular weight is 356 g/mol. The predicted molar refractivity (Wildman–Crippen MR) is 102 cm³/mol. The summed E-state index contributed by atoms with van der Waals surface area (Å²) >= 11 is 0. The molecule has 2 aromatic rings. The summed E-state index contributed by atoms with van der Waals surface area (Å²) in [6, 6.07) is 10.6. The van der Waals surface area contributed by atoms with E-state index in [0.717, 1.165) is 25.3 Å². The molecule has 1 aliphatic heterocycles. The number of hydrogen-bond donors (Lipinski definition) is 1. The van der Waals surface area contributed by atoms with E-state index in [1.807, 2.05) is 36.9 Å². The molecule has 1 aromatic carbocycles. The standard InChI is InChI=1S/C20H25FN4O/c1-3-15(2)23-20(26)16-8-9-22-19(14-16)25-12-10-24(11-13-25)18-7-5-4-6-17(18)21/h4-9,14-15H,3,10-13H2,1-2H3,(H,23,26). The normalized spacial score (nSPS) is 15.7. The van der Waals surface area contributed by atoms with Crippen LogP contribution in [0.5, 0.6) is 0 Å². The van der Waals surface area contributed by atoms with Crippen molar-refractivity contribution < 1.29 is 9.18 Å². The summed E-state index contributed by atoms with van der Waals surface area (Å²) in [6.45, 7) is 6.92. The fourth-order valence-electron chi connectivity index (χ4n) is 3.03. The maximum absolute atomic E-state index is 14.0. The van der Waals surface area contributed by atoms with Gasteiger partial charge in [0.2, 0.25) is 0 Å². The molecule has 0 spiro atoms. The summed E-state index contributed by atoms with van der Waals surface area (Å²) in [6.07, 6.45) is 2.56.